The highest BCUT2D eigenvalue weighted by atomic mass is 19.1. The van der Waals surface area contributed by atoms with Crippen LogP contribution in [0.15, 0.2) is 91.0 Å². The molecular formula is C48H53FN4O11. The van der Waals surface area contributed by atoms with Gasteiger partial charge in [0.2, 0.25) is 11.5 Å². The molecule has 16 heteroatoms. The Balaban J connectivity index is 0.000000776. The number of aliphatic carboxylic acids is 2. The molecule has 3 heterocycles. The van der Waals surface area contributed by atoms with E-state index in [2.05, 4.69) is 11.0 Å². The Hall–Kier alpha value is -6.94. The summed E-state index contributed by atoms with van der Waals surface area (Å²) in [6.45, 7) is 3.84. The van der Waals surface area contributed by atoms with Crippen molar-refractivity contribution in [2.45, 2.75) is 37.6 Å². The average Bonchev–Trinajstić information content (AvgIpc) is 3.92. The first-order valence-corrected chi connectivity index (χ1v) is 20.8. The van der Waals surface area contributed by atoms with Gasteiger partial charge in [-0.3, -0.25) is 9.59 Å². The molecule has 2 aliphatic rings. The van der Waals surface area contributed by atoms with E-state index in [0.717, 1.165) is 54.6 Å². The van der Waals surface area contributed by atoms with Crippen LogP contribution in [0.25, 0.3) is 11.0 Å². The van der Waals surface area contributed by atoms with Gasteiger partial charge in [-0.25, -0.2) is 19.0 Å². The number of fused-ring (bicyclic) bond motifs is 1. The Bertz CT molecular complexity index is 2460. The van der Waals surface area contributed by atoms with Gasteiger partial charge < -0.3 is 48.3 Å². The summed E-state index contributed by atoms with van der Waals surface area (Å²) >= 11 is 0. The molecule has 0 aliphatic carbocycles. The molecule has 0 radical (unpaired) electrons. The average molecular weight is 881 g/mol. The second-order valence-electron chi connectivity index (χ2n) is 15.6. The number of piperidine rings is 1. The molecule has 1 aromatic heterocycles. The van der Waals surface area contributed by atoms with Gasteiger partial charge in [-0.2, -0.15) is 0 Å². The predicted molar refractivity (Wildman–Crippen MR) is 236 cm³/mol. The first-order valence-electron chi connectivity index (χ1n) is 20.8. The third-order valence-corrected chi connectivity index (χ3v) is 11.9. The fourth-order valence-electron chi connectivity index (χ4n) is 8.50. The molecule has 4 aromatic carbocycles. The largest absolute Gasteiger partial charge is 0.493 e. The zero-order valence-corrected chi connectivity index (χ0v) is 36.5. The smallest absolute Gasteiger partial charge is 0.328 e. The molecule has 0 saturated carbocycles. The number of imidazole rings is 1. The SMILES string of the molecule is COc1ccc(C2(CCN3CCC(C(=O)c4nc5ccccc5n4Cc4ccc(F)cc4)CC3)CCN(C(=O)c3cc(OC)c(OC)c(OC)c3)C2)cc1OC.O=C(O)C=CC(=O)O. The number of ketones is 1. The first kappa shape index (κ1) is 46.6. The van der Waals surface area contributed by atoms with Gasteiger partial charge in [0, 0.05) is 48.7 Å². The summed E-state index contributed by atoms with van der Waals surface area (Å²) in [6, 6.07) is 23.6. The molecule has 338 valence electrons. The van der Waals surface area contributed by atoms with Crippen LogP contribution < -0.4 is 23.7 Å². The lowest BCUT2D eigenvalue weighted by atomic mass is 9.76. The van der Waals surface area contributed by atoms with E-state index in [9.17, 15) is 23.6 Å². The maximum absolute atomic E-state index is 14.1. The number of hydrogen-bond donors (Lipinski definition) is 2. The van der Waals surface area contributed by atoms with Crippen molar-refractivity contribution in [1.82, 2.24) is 19.4 Å². The first-order chi connectivity index (χ1) is 30.8. The Kier molecular flexibility index (Phi) is 15.2. The second-order valence-corrected chi connectivity index (χ2v) is 15.6. The van der Waals surface area contributed by atoms with Crippen molar-refractivity contribution >= 4 is 34.7 Å². The molecular weight excluding hydrogens is 828 g/mol. The highest BCUT2D eigenvalue weighted by Gasteiger charge is 2.43. The van der Waals surface area contributed by atoms with Crippen LogP contribution in [-0.2, 0) is 21.5 Å². The Morgan fingerprint density at radius 1 is 0.766 bits per heavy atom. The Morgan fingerprint density at radius 3 is 1.98 bits per heavy atom. The minimum absolute atomic E-state index is 0.0431. The topological polar surface area (TPSA) is 179 Å². The van der Waals surface area contributed by atoms with Crippen LogP contribution in [0.5, 0.6) is 28.7 Å². The lowest BCUT2D eigenvalue weighted by Gasteiger charge is -2.36. The number of methoxy groups -OCH3 is 5. The van der Waals surface area contributed by atoms with E-state index < -0.39 is 11.9 Å². The molecule has 0 spiro atoms. The lowest BCUT2D eigenvalue weighted by molar-refractivity contribution is -0.134. The number of aromatic nitrogens is 2. The number of carboxylic acids is 2. The van der Waals surface area contributed by atoms with Crippen LogP contribution in [0.3, 0.4) is 0 Å². The van der Waals surface area contributed by atoms with Crippen molar-refractivity contribution in [3.8, 4) is 28.7 Å². The second kappa shape index (κ2) is 21.0. The van der Waals surface area contributed by atoms with Crippen molar-refractivity contribution in [2.75, 3.05) is 68.3 Å². The lowest BCUT2D eigenvalue weighted by Crippen LogP contribution is -2.41. The third kappa shape index (κ3) is 10.6. The van der Waals surface area contributed by atoms with Crippen LogP contribution in [0.1, 0.15) is 57.8 Å². The number of carbonyl (C=O) groups excluding carboxylic acids is 2. The fourth-order valence-corrected chi connectivity index (χ4v) is 8.50. The molecule has 1 amide bonds. The number of amides is 1. The zero-order chi connectivity index (χ0) is 46.0. The summed E-state index contributed by atoms with van der Waals surface area (Å²) in [7, 11) is 7.86. The number of halogens is 1. The number of carboxylic acid groups (broad SMARTS) is 2. The predicted octanol–water partition coefficient (Wildman–Crippen LogP) is 6.75. The van der Waals surface area contributed by atoms with E-state index in [0.29, 0.717) is 84.8 Å². The number of para-hydroxylation sites is 2. The van der Waals surface area contributed by atoms with Crippen molar-refractivity contribution < 1.29 is 57.5 Å². The number of hydrogen-bond acceptors (Lipinski definition) is 11. The molecule has 7 rings (SSSR count). The van der Waals surface area contributed by atoms with E-state index in [1.165, 1.54) is 33.5 Å². The number of Topliss-reactive ketones (excluding diaryl/α,β-unsaturated/α-hetero) is 1. The van der Waals surface area contributed by atoms with Gasteiger partial charge in [-0.1, -0.05) is 30.3 Å². The van der Waals surface area contributed by atoms with E-state index in [1.807, 2.05) is 45.9 Å². The van der Waals surface area contributed by atoms with Gasteiger partial charge in [0.05, 0.1) is 46.6 Å². The molecule has 2 saturated heterocycles. The minimum atomic E-state index is -1.26. The Morgan fingerprint density at radius 2 is 1.39 bits per heavy atom. The van der Waals surface area contributed by atoms with Gasteiger partial charge in [0.15, 0.2) is 28.8 Å². The highest BCUT2D eigenvalue weighted by molar-refractivity contribution is 5.98. The highest BCUT2D eigenvalue weighted by Crippen LogP contribution is 2.44. The number of benzene rings is 4. The van der Waals surface area contributed by atoms with Crippen LogP contribution in [0.4, 0.5) is 4.39 Å². The van der Waals surface area contributed by atoms with Gasteiger partial charge in [0.25, 0.3) is 5.91 Å². The van der Waals surface area contributed by atoms with Crippen molar-refractivity contribution in [3.05, 3.63) is 119 Å². The maximum atomic E-state index is 14.1. The number of rotatable bonds is 16. The quantitative estimate of drug-likeness (QED) is 0.0787. The molecule has 2 fully saturated rings. The molecule has 1 atom stereocenters. The monoisotopic (exact) mass is 880 g/mol. The van der Waals surface area contributed by atoms with Crippen LogP contribution in [0.2, 0.25) is 0 Å². The van der Waals surface area contributed by atoms with Crippen LogP contribution in [0, 0.1) is 11.7 Å². The van der Waals surface area contributed by atoms with Crippen molar-refractivity contribution in [3.63, 3.8) is 0 Å². The summed E-state index contributed by atoms with van der Waals surface area (Å²) < 4.78 is 43.5. The van der Waals surface area contributed by atoms with Crippen molar-refractivity contribution in [1.29, 1.82) is 0 Å². The zero-order valence-electron chi connectivity index (χ0n) is 36.5. The molecule has 1 unspecified atom stereocenters. The fraction of sp³-hybridized carbons (Fsp3) is 0.354. The van der Waals surface area contributed by atoms with Crippen LogP contribution in [-0.4, -0.2) is 121 Å². The van der Waals surface area contributed by atoms with Gasteiger partial charge in [-0.15, -0.1) is 0 Å². The summed E-state index contributed by atoms with van der Waals surface area (Å²) in [4.78, 5) is 56.5. The maximum Gasteiger partial charge on any atom is 0.328 e. The summed E-state index contributed by atoms with van der Waals surface area (Å²) in [5, 5.41) is 15.6. The normalized spacial score (nSPS) is 16.6. The van der Waals surface area contributed by atoms with Crippen molar-refractivity contribution in [2.24, 2.45) is 5.92 Å². The number of likely N-dealkylation sites (tertiary alicyclic amines) is 2. The Labute approximate surface area is 370 Å². The summed E-state index contributed by atoms with van der Waals surface area (Å²) in [5.74, 6) is -0.0238. The molecule has 64 heavy (non-hydrogen) atoms. The van der Waals surface area contributed by atoms with E-state index in [-0.39, 0.29) is 28.8 Å². The van der Waals surface area contributed by atoms with E-state index in [1.54, 1.807) is 38.5 Å². The summed E-state index contributed by atoms with van der Waals surface area (Å²) in [5.41, 5.74) is 3.74. The number of nitrogens with zero attached hydrogens (tertiary/aromatic N) is 4. The number of ether oxygens (including phenoxy) is 5. The third-order valence-electron chi connectivity index (χ3n) is 11.9. The molecule has 2 aliphatic heterocycles. The van der Waals surface area contributed by atoms with Gasteiger partial charge in [0.1, 0.15) is 5.82 Å². The minimum Gasteiger partial charge on any atom is -0.493 e. The molecule has 15 nitrogen and oxygen atoms in total. The molecule has 0 bridgehead atoms. The van der Waals surface area contributed by atoms with Crippen LogP contribution >= 0.6 is 0 Å². The van der Waals surface area contributed by atoms with E-state index >= 15 is 0 Å². The molecule has 2 N–H and O–H groups in total. The van der Waals surface area contributed by atoms with Gasteiger partial charge >= 0.3 is 11.9 Å². The van der Waals surface area contributed by atoms with E-state index in [4.69, 9.17) is 38.9 Å². The number of carbonyl (C=O) groups is 4. The molecule has 5 aromatic rings. The van der Waals surface area contributed by atoms with Gasteiger partial charge in [-0.05, 0) is 105 Å². The summed E-state index contributed by atoms with van der Waals surface area (Å²) in [6.07, 6.45) is 4.11. The standard InChI is InChI=1S/C44H49FN4O7.C4H4O4/c1-52-36-15-12-32(26-37(36)53-2)44(19-23-48(28-44)43(51)31-24-38(54-3)41(56-5)39(25-31)55-4)18-22-47-20-16-30(17-21-47)40(50)42-46-34-8-6-7-9-35(34)49(42)27-29-10-13-33(45)14-11-29;5-3(6)1-2-4(7)8/h6-15,24-26,30H,16-23,27-28H2,1-5H3;1-2H,(H,5,6)(H,7,8).